The van der Waals surface area contributed by atoms with Gasteiger partial charge in [-0.2, -0.15) is 0 Å². The Labute approximate surface area is 91.2 Å². The van der Waals surface area contributed by atoms with Gasteiger partial charge in [-0.1, -0.05) is 19.3 Å². The van der Waals surface area contributed by atoms with E-state index in [0.29, 0.717) is 0 Å². The van der Waals surface area contributed by atoms with E-state index in [9.17, 15) is 0 Å². The van der Waals surface area contributed by atoms with Gasteiger partial charge in [0.1, 0.15) is 0 Å². The van der Waals surface area contributed by atoms with E-state index in [0.717, 1.165) is 29.8 Å². The highest BCUT2D eigenvalue weighted by molar-refractivity contribution is 8.00. The van der Waals surface area contributed by atoms with Crippen molar-refractivity contribution in [3.05, 3.63) is 0 Å². The summed E-state index contributed by atoms with van der Waals surface area (Å²) in [6.45, 7) is 1.97. The molecule has 3 heteroatoms. The SMILES string of the molecule is CNC1CCCCCC1SC1COC1. The molecule has 0 amide bonds. The average molecular weight is 215 g/mol. The standard InChI is InChI=1S/C11H21NOS/c1-12-10-5-3-2-4-6-11(10)14-9-7-13-8-9/h9-12H,2-8H2,1H3. The van der Waals surface area contributed by atoms with E-state index in [1.165, 1.54) is 32.1 Å². The summed E-state index contributed by atoms with van der Waals surface area (Å²) >= 11 is 2.17. The first kappa shape index (κ1) is 10.8. The van der Waals surface area contributed by atoms with Gasteiger partial charge in [0.05, 0.1) is 18.5 Å². The third-order valence-corrected chi connectivity index (χ3v) is 4.87. The van der Waals surface area contributed by atoms with Crippen molar-refractivity contribution in [3.8, 4) is 0 Å². The van der Waals surface area contributed by atoms with E-state index >= 15 is 0 Å². The molecule has 0 aromatic rings. The van der Waals surface area contributed by atoms with E-state index < -0.39 is 0 Å². The largest absolute Gasteiger partial charge is 0.379 e. The van der Waals surface area contributed by atoms with Crippen LogP contribution < -0.4 is 5.32 Å². The van der Waals surface area contributed by atoms with Crippen LogP contribution in [-0.4, -0.2) is 36.8 Å². The second-order valence-electron chi connectivity index (χ2n) is 4.37. The van der Waals surface area contributed by atoms with Crippen LogP contribution in [0.2, 0.25) is 0 Å². The number of hydrogen-bond donors (Lipinski definition) is 1. The Morgan fingerprint density at radius 3 is 2.57 bits per heavy atom. The highest BCUT2D eigenvalue weighted by Crippen LogP contribution is 2.32. The van der Waals surface area contributed by atoms with Crippen molar-refractivity contribution in [1.82, 2.24) is 5.32 Å². The third kappa shape index (κ3) is 2.65. The van der Waals surface area contributed by atoms with Crippen LogP contribution in [0.5, 0.6) is 0 Å². The van der Waals surface area contributed by atoms with Crippen molar-refractivity contribution in [3.63, 3.8) is 0 Å². The van der Waals surface area contributed by atoms with Crippen LogP contribution in [0.3, 0.4) is 0 Å². The summed E-state index contributed by atoms with van der Waals surface area (Å²) in [4.78, 5) is 0. The van der Waals surface area contributed by atoms with Crippen LogP contribution in [-0.2, 0) is 4.74 Å². The van der Waals surface area contributed by atoms with E-state index in [1.54, 1.807) is 0 Å². The zero-order valence-corrected chi connectivity index (χ0v) is 9.81. The lowest BCUT2D eigenvalue weighted by Crippen LogP contribution is -2.39. The summed E-state index contributed by atoms with van der Waals surface area (Å²) in [6, 6.07) is 0.739. The Morgan fingerprint density at radius 1 is 1.14 bits per heavy atom. The molecule has 0 spiro atoms. The lowest BCUT2D eigenvalue weighted by Gasteiger charge is -2.32. The minimum atomic E-state index is 0.739. The fraction of sp³-hybridized carbons (Fsp3) is 1.00. The Bertz CT molecular complexity index is 173. The van der Waals surface area contributed by atoms with Gasteiger partial charge < -0.3 is 10.1 Å². The maximum Gasteiger partial charge on any atom is 0.0608 e. The Kier molecular flexibility index (Phi) is 4.14. The van der Waals surface area contributed by atoms with Gasteiger partial charge in [-0.3, -0.25) is 0 Å². The molecule has 1 aliphatic heterocycles. The lowest BCUT2D eigenvalue weighted by molar-refractivity contribution is 0.0452. The summed E-state index contributed by atoms with van der Waals surface area (Å²) in [6.07, 6.45) is 7.01. The van der Waals surface area contributed by atoms with Crippen LogP contribution in [0.1, 0.15) is 32.1 Å². The zero-order valence-electron chi connectivity index (χ0n) is 9.00. The molecule has 2 nitrogen and oxygen atoms in total. The molecule has 82 valence electrons. The minimum absolute atomic E-state index is 0.739. The molecule has 1 aliphatic carbocycles. The number of rotatable bonds is 3. The Morgan fingerprint density at radius 2 is 1.93 bits per heavy atom. The topological polar surface area (TPSA) is 21.3 Å². The summed E-state index contributed by atoms with van der Waals surface area (Å²) in [7, 11) is 2.11. The molecule has 2 unspecified atom stereocenters. The van der Waals surface area contributed by atoms with Gasteiger partial charge in [0, 0.05) is 11.3 Å². The normalized spacial score (nSPS) is 34.9. The van der Waals surface area contributed by atoms with Crippen LogP contribution >= 0.6 is 11.8 Å². The number of hydrogen-bond acceptors (Lipinski definition) is 3. The fourth-order valence-corrected chi connectivity index (χ4v) is 3.92. The maximum absolute atomic E-state index is 5.24. The third-order valence-electron chi connectivity index (χ3n) is 3.30. The number of ether oxygens (including phenoxy) is 1. The highest BCUT2D eigenvalue weighted by atomic mass is 32.2. The molecular weight excluding hydrogens is 194 g/mol. The van der Waals surface area contributed by atoms with Gasteiger partial charge in [-0.15, -0.1) is 11.8 Å². The quantitative estimate of drug-likeness (QED) is 0.728. The van der Waals surface area contributed by atoms with E-state index in [1.807, 2.05) is 0 Å². The van der Waals surface area contributed by atoms with Crippen molar-refractivity contribution in [2.75, 3.05) is 20.3 Å². The fourth-order valence-electron chi connectivity index (χ4n) is 2.31. The van der Waals surface area contributed by atoms with Crippen molar-refractivity contribution >= 4 is 11.8 Å². The molecule has 2 aliphatic rings. The average Bonchev–Trinajstić information content (AvgIpc) is 2.35. The molecule has 0 aromatic carbocycles. The molecule has 0 bridgehead atoms. The first-order chi connectivity index (χ1) is 6.90. The van der Waals surface area contributed by atoms with Crippen LogP contribution in [0.15, 0.2) is 0 Å². The van der Waals surface area contributed by atoms with Crippen molar-refractivity contribution in [2.45, 2.75) is 48.6 Å². The molecular formula is C11H21NOS. The predicted octanol–water partition coefficient (Wildman–Crippen LogP) is 2.04. The molecule has 14 heavy (non-hydrogen) atoms. The van der Waals surface area contributed by atoms with Crippen LogP contribution in [0.25, 0.3) is 0 Å². The first-order valence-corrected chi connectivity index (χ1v) is 6.75. The second-order valence-corrected chi connectivity index (χ2v) is 5.91. The van der Waals surface area contributed by atoms with Gasteiger partial charge >= 0.3 is 0 Å². The predicted molar refractivity (Wildman–Crippen MR) is 61.9 cm³/mol. The monoisotopic (exact) mass is 215 g/mol. The number of nitrogens with one attached hydrogen (secondary N) is 1. The summed E-state index contributed by atoms with van der Waals surface area (Å²) in [5.74, 6) is 0. The van der Waals surface area contributed by atoms with E-state index in [-0.39, 0.29) is 0 Å². The maximum atomic E-state index is 5.24. The molecule has 1 N–H and O–H groups in total. The molecule has 2 atom stereocenters. The molecule has 1 heterocycles. The Balaban J connectivity index is 1.83. The molecule has 0 aromatic heterocycles. The van der Waals surface area contributed by atoms with Crippen molar-refractivity contribution < 1.29 is 4.74 Å². The van der Waals surface area contributed by atoms with Gasteiger partial charge in [-0.25, -0.2) is 0 Å². The second kappa shape index (κ2) is 5.38. The smallest absolute Gasteiger partial charge is 0.0608 e. The van der Waals surface area contributed by atoms with E-state index in [4.69, 9.17) is 4.74 Å². The van der Waals surface area contributed by atoms with Crippen LogP contribution in [0.4, 0.5) is 0 Å². The molecule has 1 saturated heterocycles. The summed E-state index contributed by atoms with van der Waals surface area (Å²) < 4.78 is 5.24. The van der Waals surface area contributed by atoms with Gasteiger partial charge in [0.2, 0.25) is 0 Å². The summed E-state index contributed by atoms with van der Waals surface area (Å²) in [5.41, 5.74) is 0. The van der Waals surface area contributed by atoms with Gasteiger partial charge in [-0.05, 0) is 19.9 Å². The van der Waals surface area contributed by atoms with Crippen LogP contribution in [0, 0.1) is 0 Å². The van der Waals surface area contributed by atoms with Gasteiger partial charge in [0.25, 0.3) is 0 Å². The molecule has 2 fully saturated rings. The lowest BCUT2D eigenvalue weighted by atomic mass is 10.1. The Hall–Kier alpha value is 0.270. The summed E-state index contributed by atoms with van der Waals surface area (Å²) in [5, 5.41) is 5.10. The molecule has 1 saturated carbocycles. The molecule has 2 rings (SSSR count). The van der Waals surface area contributed by atoms with Crippen molar-refractivity contribution in [2.24, 2.45) is 0 Å². The minimum Gasteiger partial charge on any atom is -0.379 e. The molecule has 0 radical (unpaired) electrons. The zero-order chi connectivity index (χ0) is 9.80. The highest BCUT2D eigenvalue weighted by Gasteiger charge is 2.28. The van der Waals surface area contributed by atoms with Gasteiger partial charge in [0.15, 0.2) is 0 Å². The van der Waals surface area contributed by atoms with E-state index in [2.05, 4.69) is 24.1 Å². The number of thioether (sulfide) groups is 1. The first-order valence-electron chi connectivity index (χ1n) is 5.80. The van der Waals surface area contributed by atoms with Crippen molar-refractivity contribution in [1.29, 1.82) is 0 Å².